The molecule has 0 aromatic heterocycles. The summed E-state index contributed by atoms with van der Waals surface area (Å²) in [5, 5.41) is 0. The van der Waals surface area contributed by atoms with E-state index in [-0.39, 0.29) is 5.60 Å². The summed E-state index contributed by atoms with van der Waals surface area (Å²) in [6.45, 7) is 5.82. The van der Waals surface area contributed by atoms with Crippen LogP contribution in [0.5, 0.6) is 5.75 Å². The van der Waals surface area contributed by atoms with Gasteiger partial charge in [-0.3, -0.25) is 0 Å². The summed E-state index contributed by atoms with van der Waals surface area (Å²) in [7, 11) is 0. The molecule has 0 N–H and O–H groups in total. The fourth-order valence-corrected chi connectivity index (χ4v) is 2.76. The summed E-state index contributed by atoms with van der Waals surface area (Å²) < 4.78 is 11.2. The van der Waals surface area contributed by atoms with E-state index < -0.39 is 0 Å². The second kappa shape index (κ2) is 10.6. The zero-order chi connectivity index (χ0) is 17.1. The summed E-state index contributed by atoms with van der Waals surface area (Å²) in [6, 6.07) is 8.49. The van der Waals surface area contributed by atoms with Crippen molar-refractivity contribution >= 4 is 0 Å². The first-order valence-electron chi connectivity index (χ1n) is 9.72. The zero-order valence-electron chi connectivity index (χ0n) is 15.6. The lowest BCUT2D eigenvalue weighted by Crippen LogP contribution is -2.16. The first kappa shape index (κ1) is 19.1. The minimum Gasteiger partial charge on any atom is -0.490 e. The molecule has 2 heteroatoms. The van der Waals surface area contributed by atoms with Crippen LogP contribution in [0.2, 0.25) is 0 Å². The average Bonchev–Trinajstić information content (AvgIpc) is 3.33. The van der Waals surface area contributed by atoms with Gasteiger partial charge in [-0.05, 0) is 56.7 Å². The number of rotatable bonds is 13. The van der Waals surface area contributed by atoms with Gasteiger partial charge in [0.15, 0.2) is 0 Å². The molecule has 0 radical (unpaired) electrons. The number of hydrogen-bond donors (Lipinski definition) is 0. The SMILES string of the molecule is CCCCCCC/C=C/CCCc1cccc(OCC2(C)CO2)c1. The standard InChI is InChI=1S/C22H34O2/c1-3-4-5-6-7-8-9-10-11-12-14-20-15-13-16-21(17-20)23-18-22(2)19-24-22/h9-10,13,15-17H,3-8,11-12,14,18-19H2,1-2H3/b10-9+. The van der Waals surface area contributed by atoms with Gasteiger partial charge in [0.1, 0.15) is 18.0 Å². The van der Waals surface area contributed by atoms with Gasteiger partial charge in [0.2, 0.25) is 0 Å². The van der Waals surface area contributed by atoms with E-state index in [1.165, 1.54) is 56.9 Å². The van der Waals surface area contributed by atoms with Crippen LogP contribution in [0, 0.1) is 0 Å². The number of benzene rings is 1. The van der Waals surface area contributed by atoms with Crippen LogP contribution >= 0.6 is 0 Å². The quantitative estimate of drug-likeness (QED) is 0.248. The van der Waals surface area contributed by atoms with E-state index in [2.05, 4.69) is 44.2 Å². The lowest BCUT2D eigenvalue weighted by molar-refractivity contribution is 0.202. The number of aryl methyl sites for hydroxylation is 1. The Bertz CT molecular complexity index is 488. The topological polar surface area (TPSA) is 21.8 Å². The molecule has 1 aromatic carbocycles. The highest BCUT2D eigenvalue weighted by Crippen LogP contribution is 2.27. The van der Waals surface area contributed by atoms with Crippen molar-refractivity contribution in [1.29, 1.82) is 0 Å². The van der Waals surface area contributed by atoms with Crippen molar-refractivity contribution < 1.29 is 9.47 Å². The molecule has 134 valence electrons. The third-order valence-electron chi connectivity index (χ3n) is 4.56. The Balaban J connectivity index is 1.55. The molecule has 0 bridgehead atoms. The smallest absolute Gasteiger partial charge is 0.123 e. The third kappa shape index (κ3) is 8.01. The Kier molecular flexibility index (Phi) is 8.38. The molecule has 1 aliphatic heterocycles. The highest BCUT2D eigenvalue weighted by atomic mass is 16.6. The molecule has 2 nitrogen and oxygen atoms in total. The maximum atomic E-state index is 5.83. The van der Waals surface area contributed by atoms with Crippen molar-refractivity contribution in [1.82, 2.24) is 0 Å². The molecule has 1 aliphatic rings. The van der Waals surface area contributed by atoms with Crippen LogP contribution in [-0.2, 0) is 11.2 Å². The Morgan fingerprint density at radius 2 is 1.83 bits per heavy atom. The van der Waals surface area contributed by atoms with Gasteiger partial charge in [-0.25, -0.2) is 0 Å². The van der Waals surface area contributed by atoms with Gasteiger partial charge in [-0.2, -0.15) is 0 Å². The monoisotopic (exact) mass is 330 g/mol. The van der Waals surface area contributed by atoms with E-state index in [1.807, 2.05) is 6.07 Å². The summed E-state index contributed by atoms with van der Waals surface area (Å²) in [5.41, 5.74) is 1.32. The number of unbranched alkanes of at least 4 members (excludes halogenated alkanes) is 6. The Morgan fingerprint density at radius 3 is 2.58 bits per heavy atom. The van der Waals surface area contributed by atoms with Gasteiger partial charge in [-0.1, -0.05) is 56.9 Å². The predicted molar refractivity (Wildman–Crippen MR) is 102 cm³/mol. The van der Waals surface area contributed by atoms with Crippen molar-refractivity contribution in [3.8, 4) is 5.75 Å². The molecule has 2 rings (SSSR count). The molecular formula is C22H34O2. The van der Waals surface area contributed by atoms with E-state index in [1.54, 1.807) is 0 Å². The molecule has 24 heavy (non-hydrogen) atoms. The summed E-state index contributed by atoms with van der Waals surface area (Å²) >= 11 is 0. The maximum Gasteiger partial charge on any atom is 0.123 e. The molecule has 0 saturated carbocycles. The van der Waals surface area contributed by atoms with E-state index in [9.17, 15) is 0 Å². The predicted octanol–water partition coefficient (Wildman–Crippen LogP) is 6.09. The molecule has 1 heterocycles. The van der Waals surface area contributed by atoms with Crippen LogP contribution in [0.3, 0.4) is 0 Å². The van der Waals surface area contributed by atoms with E-state index in [4.69, 9.17) is 9.47 Å². The van der Waals surface area contributed by atoms with Crippen LogP contribution in [-0.4, -0.2) is 18.8 Å². The van der Waals surface area contributed by atoms with Crippen molar-refractivity contribution in [2.45, 2.75) is 77.2 Å². The molecular weight excluding hydrogens is 296 g/mol. The maximum absolute atomic E-state index is 5.83. The zero-order valence-corrected chi connectivity index (χ0v) is 15.6. The highest BCUT2D eigenvalue weighted by molar-refractivity contribution is 5.28. The molecule has 1 aromatic rings. The van der Waals surface area contributed by atoms with E-state index in [0.29, 0.717) is 6.61 Å². The van der Waals surface area contributed by atoms with Crippen molar-refractivity contribution in [3.05, 3.63) is 42.0 Å². The lowest BCUT2D eigenvalue weighted by Gasteiger charge is -2.10. The van der Waals surface area contributed by atoms with Gasteiger partial charge in [-0.15, -0.1) is 0 Å². The average molecular weight is 331 g/mol. The molecule has 0 spiro atoms. The van der Waals surface area contributed by atoms with Crippen molar-refractivity contribution in [3.63, 3.8) is 0 Å². The van der Waals surface area contributed by atoms with Crippen molar-refractivity contribution in [2.75, 3.05) is 13.2 Å². The summed E-state index contributed by atoms with van der Waals surface area (Å²) in [4.78, 5) is 0. The lowest BCUT2D eigenvalue weighted by atomic mass is 10.1. The third-order valence-corrected chi connectivity index (χ3v) is 4.56. The Labute approximate surface area is 148 Å². The second-order valence-electron chi connectivity index (χ2n) is 7.24. The van der Waals surface area contributed by atoms with E-state index in [0.717, 1.165) is 18.8 Å². The number of ether oxygens (including phenoxy) is 2. The molecule has 1 fully saturated rings. The Hall–Kier alpha value is -1.28. The fraction of sp³-hybridized carbons (Fsp3) is 0.636. The molecule has 1 atom stereocenters. The van der Waals surface area contributed by atoms with Crippen LogP contribution < -0.4 is 4.74 Å². The van der Waals surface area contributed by atoms with Gasteiger partial charge < -0.3 is 9.47 Å². The second-order valence-corrected chi connectivity index (χ2v) is 7.24. The molecule has 0 amide bonds. The molecule has 0 aliphatic carbocycles. The minimum atomic E-state index is -0.0443. The minimum absolute atomic E-state index is 0.0443. The van der Waals surface area contributed by atoms with Gasteiger partial charge in [0.05, 0.1) is 6.61 Å². The van der Waals surface area contributed by atoms with Crippen LogP contribution in [0.25, 0.3) is 0 Å². The Morgan fingerprint density at radius 1 is 1.08 bits per heavy atom. The summed E-state index contributed by atoms with van der Waals surface area (Å²) in [5.74, 6) is 0.965. The first-order valence-corrected chi connectivity index (χ1v) is 9.72. The van der Waals surface area contributed by atoms with Crippen LogP contribution in [0.1, 0.15) is 70.8 Å². The number of hydrogen-bond acceptors (Lipinski definition) is 2. The molecule has 1 saturated heterocycles. The summed E-state index contributed by atoms with van der Waals surface area (Å²) in [6.07, 6.45) is 16.3. The normalized spacial score (nSPS) is 19.8. The van der Waals surface area contributed by atoms with Gasteiger partial charge in [0.25, 0.3) is 0 Å². The van der Waals surface area contributed by atoms with Crippen LogP contribution in [0.4, 0.5) is 0 Å². The van der Waals surface area contributed by atoms with Crippen LogP contribution in [0.15, 0.2) is 36.4 Å². The van der Waals surface area contributed by atoms with Gasteiger partial charge in [0, 0.05) is 0 Å². The largest absolute Gasteiger partial charge is 0.490 e. The highest BCUT2D eigenvalue weighted by Gasteiger charge is 2.40. The number of epoxide rings is 1. The van der Waals surface area contributed by atoms with Gasteiger partial charge >= 0.3 is 0 Å². The number of allylic oxidation sites excluding steroid dienone is 2. The first-order chi connectivity index (χ1) is 11.7. The molecule has 1 unspecified atom stereocenters. The fourth-order valence-electron chi connectivity index (χ4n) is 2.76. The van der Waals surface area contributed by atoms with Crippen molar-refractivity contribution in [2.24, 2.45) is 0 Å². The van der Waals surface area contributed by atoms with E-state index >= 15 is 0 Å².